The summed E-state index contributed by atoms with van der Waals surface area (Å²) in [5.41, 5.74) is 2.54. The third-order valence-corrected chi connectivity index (χ3v) is 4.35. The molecule has 3 rings (SSSR count). The summed E-state index contributed by atoms with van der Waals surface area (Å²) in [5, 5.41) is 4.33. The Labute approximate surface area is 126 Å². The van der Waals surface area contributed by atoms with Crippen molar-refractivity contribution in [1.29, 1.82) is 0 Å². The summed E-state index contributed by atoms with van der Waals surface area (Å²) in [4.78, 5) is 11.4. The van der Waals surface area contributed by atoms with E-state index in [-0.39, 0.29) is 5.41 Å². The molecule has 1 aliphatic rings. The average Bonchev–Trinajstić information content (AvgIpc) is 2.91. The maximum Gasteiger partial charge on any atom is 0.132 e. The molecule has 2 aromatic rings. The van der Waals surface area contributed by atoms with Gasteiger partial charge in [-0.2, -0.15) is 5.10 Å². The van der Waals surface area contributed by atoms with E-state index in [2.05, 4.69) is 46.1 Å². The van der Waals surface area contributed by atoms with Gasteiger partial charge in [-0.3, -0.25) is 4.68 Å². The molecule has 1 atom stereocenters. The molecule has 0 aliphatic carbocycles. The van der Waals surface area contributed by atoms with Gasteiger partial charge in [0.05, 0.1) is 6.20 Å². The Morgan fingerprint density at radius 3 is 2.62 bits per heavy atom. The van der Waals surface area contributed by atoms with E-state index in [9.17, 15) is 0 Å². The van der Waals surface area contributed by atoms with Crippen molar-refractivity contribution in [3.63, 3.8) is 0 Å². The number of hydrogen-bond acceptors (Lipinski definition) is 4. The van der Waals surface area contributed by atoms with Crippen molar-refractivity contribution < 1.29 is 0 Å². The van der Waals surface area contributed by atoms with Gasteiger partial charge >= 0.3 is 0 Å². The minimum absolute atomic E-state index is 0.204. The SMILES string of the molecule is Cc1cc(N2C[C@H](c3cnn(C)c3)C(C)(C)C2)nc(C)n1. The lowest BCUT2D eigenvalue weighted by atomic mass is 9.79. The van der Waals surface area contributed by atoms with Gasteiger partial charge in [-0.05, 0) is 24.8 Å². The van der Waals surface area contributed by atoms with Gasteiger partial charge in [0.2, 0.25) is 0 Å². The number of hydrogen-bond donors (Lipinski definition) is 0. The zero-order chi connectivity index (χ0) is 15.2. The van der Waals surface area contributed by atoms with Gasteiger partial charge in [0, 0.05) is 44.0 Å². The van der Waals surface area contributed by atoms with E-state index in [0.717, 1.165) is 30.4 Å². The second-order valence-electron chi connectivity index (χ2n) is 6.78. The van der Waals surface area contributed by atoms with Crippen molar-refractivity contribution in [2.45, 2.75) is 33.6 Å². The normalized spacial score (nSPS) is 21.0. The zero-order valence-corrected chi connectivity index (χ0v) is 13.5. The Balaban J connectivity index is 1.91. The fraction of sp³-hybridized carbons (Fsp3) is 0.562. The monoisotopic (exact) mass is 285 g/mol. The van der Waals surface area contributed by atoms with Crippen LogP contribution in [0.15, 0.2) is 18.5 Å². The molecule has 0 radical (unpaired) electrons. The van der Waals surface area contributed by atoms with Gasteiger partial charge in [0.15, 0.2) is 0 Å². The third-order valence-electron chi connectivity index (χ3n) is 4.35. The number of aryl methyl sites for hydroxylation is 3. The first kappa shape index (κ1) is 14.0. The van der Waals surface area contributed by atoms with Crippen LogP contribution in [0.1, 0.15) is 36.8 Å². The summed E-state index contributed by atoms with van der Waals surface area (Å²) in [6.07, 6.45) is 4.12. The Morgan fingerprint density at radius 2 is 2.00 bits per heavy atom. The minimum atomic E-state index is 0.204. The summed E-state index contributed by atoms with van der Waals surface area (Å²) in [6, 6.07) is 2.08. The molecule has 0 amide bonds. The largest absolute Gasteiger partial charge is 0.355 e. The Hall–Kier alpha value is -1.91. The molecule has 3 heterocycles. The number of rotatable bonds is 2. The van der Waals surface area contributed by atoms with Gasteiger partial charge in [-0.15, -0.1) is 0 Å². The van der Waals surface area contributed by atoms with Crippen LogP contribution in [-0.4, -0.2) is 32.8 Å². The molecule has 1 aliphatic heterocycles. The minimum Gasteiger partial charge on any atom is -0.355 e. The second-order valence-corrected chi connectivity index (χ2v) is 6.78. The van der Waals surface area contributed by atoms with Crippen molar-refractivity contribution in [2.75, 3.05) is 18.0 Å². The van der Waals surface area contributed by atoms with E-state index in [1.807, 2.05) is 31.8 Å². The van der Waals surface area contributed by atoms with E-state index in [0.29, 0.717) is 5.92 Å². The van der Waals surface area contributed by atoms with Crippen LogP contribution in [0.2, 0.25) is 0 Å². The van der Waals surface area contributed by atoms with Gasteiger partial charge < -0.3 is 4.90 Å². The number of anilines is 1. The highest BCUT2D eigenvalue weighted by atomic mass is 15.3. The molecular formula is C16H23N5. The molecule has 112 valence electrons. The summed E-state index contributed by atoms with van der Waals surface area (Å²) in [5.74, 6) is 2.36. The van der Waals surface area contributed by atoms with Crippen LogP contribution in [0.25, 0.3) is 0 Å². The molecule has 0 saturated carbocycles. The smallest absolute Gasteiger partial charge is 0.132 e. The first-order chi connectivity index (χ1) is 9.85. The van der Waals surface area contributed by atoms with Crippen molar-refractivity contribution in [3.05, 3.63) is 35.5 Å². The van der Waals surface area contributed by atoms with Crippen LogP contribution in [0.5, 0.6) is 0 Å². The highest BCUT2D eigenvalue weighted by Crippen LogP contribution is 2.43. The average molecular weight is 285 g/mol. The van der Waals surface area contributed by atoms with Crippen LogP contribution < -0.4 is 4.90 Å². The fourth-order valence-electron chi connectivity index (χ4n) is 3.34. The first-order valence-electron chi connectivity index (χ1n) is 7.41. The maximum atomic E-state index is 4.61. The predicted molar refractivity (Wildman–Crippen MR) is 83.4 cm³/mol. The van der Waals surface area contributed by atoms with E-state index < -0.39 is 0 Å². The van der Waals surface area contributed by atoms with Crippen LogP contribution in [-0.2, 0) is 7.05 Å². The molecule has 0 spiro atoms. The lowest BCUT2D eigenvalue weighted by molar-refractivity contribution is 0.365. The van der Waals surface area contributed by atoms with Gasteiger partial charge in [0.1, 0.15) is 11.6 Å². The molecule has 0 bridgehead atoms. The van der Waals surface area contributed by atoms with E-state index in [1.165, 1.54) is 5.56 Å². The molecule has 21 heavy (non-hydrogen) atoms. The lowest BCUT2D eigenvalue weighted by Gasteiger charge is -2.24. The van der Waals surface area contributed by atoms with Crippen LogP contribution in [0.3, 0.4) is 0 Å². The molecule has 5 heteroatoms. The molecule has 2 aromatic heterocycles. The molecule has 0 aromatic carbocycles. The van der Waals surface area contributed by atoms with Crippen molar-refractivity contribution in [2.24, 2.45) is 12.5 Å². The van der Waals surface area contributed by atoms with E-state index in [1.54, 1.807) is 0 Å². The van der Waals surface area contributed by atoms with Crippen LogP contribution in [0, 0.1) is 19.3 Å². The van der Waals surface area contributed by atoms with Crippen LogP contribution in [0.4, 0.5) is 5.82 Å². The molecule has 5 nitrogen and oxygen atoms in total. The second kappa shape index (κ2) is 4.83. The van der Waals surface area contributed by atoms with Crippen molar-refractivity contribution >= 4 is 5.82 Å². The topological polar surface area (TPSA) is 46.8 Å². The Kier molecular flexibility index (Phi) is 3.23. The predicted octanol–water partition coefficient (Wildman–Crippen LogP) is 2.46. The summed E-state index contributed by atoms with van der Waals surface area (Å²) < 4.78 is 1.88. The molecule has 0 unspecified atom stereocenters. The zero-order valence-electron chi connectivity index (χ0n) is 13.5. The number of aromatic nitrogens is 4. The Morgan fingerprint density at radius 1 is 1.24 bits per heavy atom. The summed E-state index contributed by atoms with van der Waals surface area (Å²) in [6.45, 7) is 10.6. The first-order valence-corrected chi connectivity index (χ1v) is 7.41. The highest BCUT2D eigenvalue weighted by Gasteiger charge is 2.41. The fourth-order valence-corrected chi connectivity index (χ4v) is 3.34. The summed E-state index contributed by atoms with van der Waals surface area (Å²) in [7, 11) is 1.97. The molecule has 1 fully saturated rings. The lowest BCUT2D eigenvalue weighted by Crippen LogP contribution is -2.24. The van der Waals surface area contributed by atoms with Gasteiger partial charge in [-0.25, -0.2) is 9.97 Å². The summed E-state index contributed by atoms with van der Waals surface area (Å²) >= 11 is 0. The maximum absolute atomic E-state index is 4.61. The van der Waals surface area contributed by atoms with Crippen LogP contribution >= 0.6 is 0 Å². The van der Waals surface area contributed by atoms with E-state index in [4.69, 9.17) is 0 Å². The quantitative estimate of drug-likeness (QED) is 0.850. The van der Waals surface area contributed by atoms with Crippen molar-refractivity contribution in [3.8, 4) is 0 Å². The molecule has 1 saturated heterocycles. The highest BCUT2D eigenvalue weighted by molar-refractivity contribution is 5.44. The van der Waals surface area contributed by atoms with Gasteiger partial charge in [0.25, 0.3) is 0 Å². The van der Waals surface area contributed by atoms with E-state index >= 15 is 0 Å². The Bertz CT molecular complexity index is 638. The number of nitrogens with zero attached hydrogens (tertiary/aromatic N) is 5. The van der Waals surface area contributed by atoms with Gasteiger partial charge in [-0.1, -0.05) is 13.8 Å². The standard InChI is InChI=1S/C16H23N5/c1-11-6-15(19-12(2)18-11)21-9-14(16(3,4)10-21)13-7-17-20(5)8-13/h6-8,14H,9-10H2,1-5H3/t14-/m1/s1. The molecular weight excluding hydrogens is 262 g/mol. The van der Waals surface area contributed by atoms with Crippen molar-refractivity contribution in [1.82, 2.24) is 19.7 Å². The molecule has 0 N–H and O–H groups in total. The third kappa shape index (κ3) is 2.64.